The van der Waals surface area contributed by atoms with Crippen molar-refractivity contribution in [3.05, 3.63) is 34.3 Å². The van der Waals surface area contributed by atoms with Crippen LogP contribution in [0, 0.1) is 0 Å². The molecule has 0 bridgehead atoms. The van der Waals surface area contributed by atoms with Crippen molar-refractivity contribution in [2.75, 3.05) is 13.7 Å². The van der Waals surface area contributed by atoms with E-state index >= 15 is 0 Å². The molecular weight excluding hydrogens is 244 g/mol. The number of hydrogen-bond acceptors (Lipinski definition) is 2. The Morgan fingerprint density at radius 3 is 2.57 bits per heavy atom. The zero-order valence-electron chi connectivity index (χ0n) is 8.24. The van der Waals surface area contributed by atoms with Crippen LogP contribution in [0.3, 0.4) is 0 Å². The molecule has 0 radical (unpaired) electrons. The van der Waals surface area contributed by atoms with Gasteiger partial charge in [0.1, 0.15) is 0 Å². The van der Waals surface area contributed by atoms with Crippen LogP contribution in [0.2, 0.25) is 0 Å². The first kappa shape index (κ1) is 11.7. The van der Waals surface area contributed by atoms with Crippen LogP contribution in [0.4, 0.5) is 0 Å². The third kappa shape index (κ3) is 4.22. The summed E-state index contributed by atoms with van der Waals surface area (Å²) in [5.41, 5.74) is 1.15. The number of methoxy groups -OCH3 is 1. The smallest absolute Gasteiger partial charge is 0.0602 e. The fraction of sp³-hybridized carbons (Fsp3) is 0.455. The summed E-state index contributed by atoms with van der Waals surface area (Å²) in [5, 5.41) is 9.61. The molecule has 1 aromatic carbocycles. The lowest BCUT2D eigenvalue weighted by Crippen LogP contribution is -2.12. The number of aliphatic hydroxyl groups excluding tert-OH is 1. The van der Waals surface area contributed by atoms with E-state index in [9.17, 15) is 5.11 Å². The maximum atomic E-state index is 9.61. The van der Waals surface area contributed by atoms with E-state index in [0.717, 1.165) is 10.0 Å². The van der Waals surface area contributed by atoms with Crippen molar-refractivity contribution >= 4 is 15.9 Å². The molecule has 0 aliphatic carbocycles. The molecule has 0 spiro atoms. The predicted molar refractivity (Wildman–Crippen MR) is 60.3 cm³/mol. The molecule has 1 aromatic rings. The van der Waals surface area contributed by atoms with E-state index in [1.807, 2.05) is 24.3 Å². The molecule has 2 nitrogen and oxygen atoms in total. The van der Waals surface area contributed by atoms with Crippen molar-refractivity contribution in [2.45, 2.75) is 18.9 Å². The number of benzene rings is 1. The average Bonchev–Trinajstić information content (AvgIpc) is 2.18. The van der Waals surface area contributed by atoms with E-state index < -0.39 is 0 Å². The summed E-state index contributed by atoms with van der Waals surface area (Å²) in [6.07, 6.45) is 1.07. The van der Waals surface area contributed by atoms with Crippen molar-refractivity contribution in [3.8, 4) is 0 Å². The van der Waals surface area contributed by atoms with Crippen LogP contribution in [0.5, 0.6) is 0 Å². The van der Waals surface area contributed by atoms with Crippen LogP contribution < -0.4 is 0 Å². The quantitative estimate of drug-likeness (QED) is 0.879. The summed E-state index contributed by atoms with van der Waals surface area (Å²) in [7, 11) is 1.65. The standard InChI is InChI=1S/C11H15BrO2/c1-14-7-6-11(13)8-9-2-4-10(12)5-3-9/h2-5,11,13H,6-8H2,1H3. The molecule has 0 aliphatic rings. The summed E-state index contributed by atoms with van der Waals surface area (Å²) in [6, 6.07) is 8.00. The highest BCUT2D eigenvalue weighted by Crippen LogP contribution is 2.12. The second-order valence-electron chi connectivity index (χ2n) is 3.27. The lowest BCUT2D eigenvalue weighted by Gasteiger charge is -2.09. The highest BCUT2D eigenvalue weighted by molar-refractivity contribution is 9.10. The SMILES string of the molecule is COCCC(O)Cc1ccc(Br)cc1. The van der Waals surface area contributed by atoms with Gasteiger partial charge in [-0.25, -0.2) is 0 Å². The number of rotatable bonds is 5. The fourth-order valence-corrected chi connectivity index (χ4v) is 1.51. The number of halogens is 1. The van der Waals surface area contributed by atoms with Gasteiger partial charge in [0, 0.05) is 18.2 Å². The van der Waals surface area contributed by atoms with Gasteiger partial charge in [-0.1, -0.05) is 28.1 Å². The Bertz CT molecular complexity index is 258. The fourth-order valence-electron chi connectivity index (χ4n) is 1.25. The Kier molecular flexibility index (Phi) is 5.15. The topological polar surface area (TPSA) is 29.5 Å². The molecule has 1 N–H and O–H groups in total. The molecule has 0 amide bonds. The van der Waals surface area contributed by atoms with Gasteiger partial charge in [0.25, 0.3) is 0 Å². The molecule has 0 aliphatic heterocycles. The third-order valence-electron chi connectivity index (χ3n) is 2.04. The van der Waals surface area contributed by atoms with E-state index in [2.05, 4.69) is 15.9 Å². The molecule has 1 unspecified atom stereocenters. The van der Waals surface area contributed by atoms with Crippen LogP contribution in [0.25, 0.3) is 0 Å². The van der Waals surface area contributed by atoms with E-state index in [0.29, 0.717) is 19.4 Å². The normalized spacial score (nSPS) is 12.8. The average molecular weight is 259 g/mol. The van der Waals surface area contributed by atoms with Crippen molar-refractivity contribution in [2.24, 2.45) is 0 Å². The highest BCUT2D eigenvalue weighted by Gasteiger charge is 2.04. The second kappa shape index (κ2) is 6.17. The van der Waals surface area contributed by atoms with Gasteiger partial charge in [-0.2, -0.15) is 0 Å². The highest BCUT2D eigenvalue weighted by atomic mass is 79.9. The molecule has 0 fully saturated rings. The summed E-state index contributed by atoms with van der Waals surface area (Å²) >= 11 is 3.37. The maximum absolute atomic E-state index is 9.61. The molecule has 0 saturated heterocycles. The first-order chi connectivity index (χ1) is 6.72. The minimum Gasteiger partial charge on any atom is -0.393 e. The van der Waals surface area contributed by atoms with Gasteiger partial charge in [-0.3, -0.25) is 0 Å². The van der Waals surface area contributed by atoms with Crippen LogP contribution in [-0.4, -0.2) is 24.9 Å². The Labute approximate surface area is 93.0 Å². The Balaban J connectivity index is 2.39. The molecule has 3 heteroatoms. The van der Waals surface area contributed by atoms with Gasteiger partial charge in [0.15, 0.2) is 0 Å². The van der Waals surface area contributed by atoms with Gasteiger partial charge < -0.3 is 9.84 Å². The van der Waals surface area contributed by atoms with Crippen LogP contribution in [0.15, 0.2) is 28.7 Å². The second-order valence-corrected chi connectivity index (χ2v) is 4.18. The first-order valence-electron chi connectivity index (χ1n) is 4.64. The molecule has 78 valence electrons. The lowest BCUT2D eigenvalue weighted by atomic mass is 10.1. The van der Waals surface area contributed by atoms with E-state index in [-0.39, 0.29) is 6.10 Å². The summed E-state index contributed by atoms with van der Waals surface area (Å²) in [5.74, 6) is 0. The first-order valence-corrected chi connectivity index (χ1v) is 5.43. The van der Waals surface area contributed by atoms with E-state index in [4.69, 9.17) is 4.74 Å². The monoisotopic (exact) mass is 258 g/mol. The van der Waals surface area contributed by atoms with Crippen molar-refractivity contribution < 1.29 is 9.84 Å². The minimum absolute atomic E-state index is 0.309. The summed E-state index contributed by atoms with van der Waals surface area (Å²) in [4.78, 5) is 0. The molecule has 1 rings (SSSR count). The molecule has 0 heterocycles. The van der Waals surface area contributed by atoms with Gasteiger partial charge in [-0.05, 0) is 30.5 Å². The summed E-state index contributed by atoms with van der Waals surface area (Å²) < 4.78 is 5.96. The Morgan fingerprint density at radius 1 is 1.36 bits per heavy atom. The van der Waals surface area contributed by atoms with Crippen LogP contribution in [-0.2, 0) is 11.2 Å². The van der Waals surface area contributed by atoms with Gasteiger partial charge in [0.05, 0.1) is 6.10 Å². The number of hydrogen-bond donors (Lipinski definition) is 1. The zero-order valence-corrected chi connectivity index (χ0v) is 9.83. The number of aliphatic hydroxyl groups is 1. The zero-order chi connectivity index (χ0) is 10.4. The maximum Gasteiger partial charge on any atom is 0.0602 e. The van der Waals surface area contributed by atoms with Crippen molar-refractivity contribution in [1.29, 1.82) is 0 Å². The van der Waals surface area contributed by atoms with Gasteiger partial charge in [0.2, 0.25) is 0 Å². The van der Waals surface area contributed by atoms with Crippen molar-refractivity contribution in [1.82, 2.24) is 0 Å². The predicted octanol–water partition coefficient (Wildman–Crippen LogP) is 2.39. The van der Waals surface area contributed by atoms with Crippen LogP contribution in [0.1, 0.15) is 12.0 Å². The van der Waals surface area contributed by atoms with Crippen molar-refractivity contribution in [3.63, 3.8) is 0 Å². The molecule has 0 aromatic heterocycles. The molecule has 14 heavy (non-hydrogen) atoms. The molecule has 0 saturated carbocycles. The lowest BCUT2D eigenvalue weighted by molar-refractivity contribution is 0.110. The molecule has 1 atom stereocenters. The van der Waals surface area contributed by atoms with Gasteiger partial charge >= 0.3 is 0 Å². The van der Waals surface area contributed by atoms with Gasteiger partial charge in [-0.15, -0.1) is 0 Å². The minimum atomic E-state index is -0.309. The Morgan fingerprint density at radius 2 is 2.00 bits per heavy atom. The number of ether oxygens (including phenoxy) is 1. The van der Waals surface area contributed by atoms with E-state index in [1.165, 1.54) is 0 Å². The van der Waals surface area contributed by atoms with E-state index in [1.54, 1.807) is 7.11 Å². The largest absolute Gasteiger partial charge is 0.393 e. The Hall–Kier alpha value is -0.380. The summed E-state index contributed by atoms with van der Waals surface area (Å²) in [6.45, 7) is 0.609. The third-order valence-corrected chi connectivity index (χ3v) is 2.57. The van der Waals surface area contributed by atoms with Crippen LogP contribution >= 0.6 is 15.9 Å². The molecular formula is C11H15BrO2.